The predicted molar refractivity (Wildman–Crippen MR) is 93.4 cm³/mol. The summed E-state index contributed by atoms with van der Waals surface area (Å²) in [6.45, 7) is 1.87. The highest BCUT2D eigenvalue weighted by Gasteiger charge is 2.39. The van der Waals surface area contributed by atoms with Gasteiger partial charge in [0.15, 0.2) is 0 Å². The molecule has 0 saturated heterocycles. The molecule has 1 aliphatic heterocycles. The molecule has 1 N–H and O–H groups in total. The summed E-state index contributed by atoms with van der Waals surface area (Å²) in [5.41, 5.74) is 2.68. The van der Waals surface area contributed by atoms with Gasteiger partial charge < -0.3 is 4.98 Å². The Morgan fingerprint density at radius 2 is 2.15 bits per heavy atom. The topological polar surface area (TPSA) is 79.0 Å². The van der Waals surface area contributed by atoms with Crippen LogP contribution in [0.2, 0.25) is 0 Å². The maximum Gasteiger partial charge on any atom is 0.244 e. The number of imidazole rings is 1. The minimum absolute atomic E-state index is 0.0616. The molecular weight excluding hydrogens is 355 g/mol. The molecule has 134 valence electrons. The van der Waals surface area contributed by atoms with Gasteiger partial charge in [0, 0.05) is 31.1 Å². The minimum Gasteiger partial charge on any atom is -0.348 e. The van der Waals surface area contributed by atoms with Crippen LogP contribution in [0.15, 0.2) is 53.9 Å². The van der Waals surface area contributed by atoms with Gasteiger partial charge in [-0.15, -0.1) is 0 Å². The van der Waals surface area contributed by atoms with E-state index >= 15 is 0 Å². The van der Waals surface area contributed by atoms with Crippen LogP contribution in [0, 0.1) is 12.7 Å². The number of pyridine rings is 1. The number of hydrogen-bond acceptors (Lipinski definition) is 4. The second kappa shape index (κ2) is 6.30. The molecule has 1 aromatic carbocycles. The summed E-state index contributed by atoms with van der Waals surface area (Å²) in [6, 6.07) is 6.96. The smallest absolute Gasteiger partial charge is 0.244 e. The maximum absolute atomic E-state index is 14.0. The average molecular weight is 372 g/mol. The van der Waals surface area contributed by atoms with Crippen molar-refractivity contribution in [3.8, 4) is 0 Å². The van der Waals surface area contributed by atoms with Crippen LogP contribution >= 0.6 is 0 Å². The number of nitrogens with zero attached hydrogens (tertiary/aromatic N) is 3. The van der Waals surface area contributed by atoms with Gasteiger partial charge in [0.25, 0.3) is 0 Å². The second-order valence-electron chi connectivity index (χ2n) is 6.23. The van der Waals surface area contributed by atoms with Crippen molar-refractivity contribution in [1.82, 2.24) is 19.3 Å². The largest absolute Gasteiger partial charge is 0.348 e. The Labute approximate surface area is 150 Å². The highest BCUT2D eigenvalue weighted by Crippen LogP contribution is 2.37. The van der Waals surface area contributed by atoms with Gasteiger partial charge in [-0.3, -0.25) is 4.98 Å². The van der Waals surface area contributed by atoms with Crippen molar-refractivity contribution in [3.05, 3.63) is 77.4 Å². The van der Waals surface area contributed by atoms with Crippen LogP contribution in [0.3, 0.4) is 0 Å². The average Bonchev–Trinajstić information content (AvgIpc) is 3.12. The van der Waals surface area contributed by atoms with Crippen molar-refractivity contribution in [2.24, 2.45) is 0 Å². The zero-order chi connectivity index (χ0) is 18.3. The molecule has 0 fully saturated rings. The summed E-state index contributed by atoms with van der Waals surface area (Å²) in [5.74, 6) is -0.540. The third-order valence-electron chi connectivity index (χ3n) is 4.63. The molecule has 4 rings (SSSR count). The zero-order valence-corrected chi connectivity index (χ0v) is 14.9. The van der Waals surface area contributed by atoms with E-state index in [0.717, 1.165) is 17.3 Å². The number of sulfonamides is 1. The van der Waals surface area contributed by atoms with Crippen molar-refractivity contribution < 1.29 is 12.8 Å². The summed E-state index contributed by atoms with van der Waals surface area (Å²) in [4.78, 5) is 11.5. The number of halogens is 1. The lowest BCUT2D eigenvalue weighted by Crippen LogP contribution is -2.40. The molecule has 0 spiro atoms. The molecular formula is C18H17FN4O2S. The van der Waals surface area contributed by atoms with Gasteiger partial charge in [-0.1, -0.05) is 12.1 Å². The highest BCUT2D eigenvalue weighted by atomic mass is 32.2. The van der Waals surface area contributed by atoms with E-state index in [4.69, 9.17) is 0 Å². The van der Waals surface area contributed by atoms with E-state index in [0.29, 0.717) is 17.7 Å². The van der Waals surface area contributed by atoms with Crippen molar-refractivity contribution in [1.29, 1.82) is 0 Å². The minimum atomic E-state index is -3.91. The van der Waals surface area contributed by atoms with E-state index in [-0.39, 0.29) is 11.4 Å². The Balaban J connectivity index is 1.85. The van der Waals surface area contributed by atoms with Crippen LogP contribution in [0.1, 0.15) is 28.6 Å². The Hall–Kier alpha value is -2.58. The first-order valence-corrected chi connectivity index (χ1v) is 9.62. The molecule has 1 aliphatic rings. The molecule has 1 unspecified atom stereocenters. The molecule has 0 aliphatic carbocycles. The maximum atomic E-state index is 14.0. The summed E-state index contributed by atoms with van der Waals surface area (Å²) in [5, 5.41) is 0. The molecule has 0 amide bonds. The van der Waals surface area contributed by atoms with Crippen molar-refractivity contribution in [3.63, 3.8) is 0 Å². The first-order valence-electron chi connectivity index (χ1n) is 8.18. The van der Waals surface area contributed by atoms with E-state index in [1.54, 1.807) is 31.7 Å². The molecule has 3 heterocycles. The first kappa shape index (κ1) is 16.9. The zero-order valence-electron chi connectivity index (χ0n) is 14.1. The van der Waals surface area contributed by atoms with Gasteiger partial charge >= 0.3 is 0 Å². The van der Waals surface area contributed by atoms with Gasteiger partial charge in [-0.2, -0.15) is 4.31 Å². The molecule has 0 saturated carbocycles. The number of aromatic nitrogens is 3. The third kappa shape index (κ3) is 2.71. The number of rotatable bonds is 3. The van der Waals surface area contributed by atoms with Gasteiger partial charge in [-0.25, -0.2) is 17.8 Å². The SMILES string of the molecule is Cc1ccc(S(=O)(=O)N2CCc3[nH]cnc3C2c2cccnc2)cc1F. The van der Waals surface area contributed by atoms with Gasteiger partial charge in [0.1, 0.15) is 5.82 Å². The van der Waals surface area contributed by atoms with E-state index < -0.39 is 21.9 Å². The fraction of sp³-hybridized carbons (Fsp3) is 0.222. The van der Waals surface area contributed by atoms with E-state index in [1.807, 2.05) is 6.07 Å². The molecule has 0 bridgehead atoms. The first-order chi connectivity index (χ1) is 12.5. The van der Waals surface area contributed by atoms with E-state index in [9.17, 15) is 12.8 Å². The fourth-order valence-corrected chi connectivity index (χ4v) is 4.84. The van der Waals surface area contributed by atoms with Crippen LogP contribution in [0.5, 0.6) is 0 Å². The lowest BCUT2D eigenvalue weighted by Gasteiger charge is -2.34. The molecule has 0 radical (unpaired) electrons. The van der Waals surface area contributed by atoms with Crippen LogP contribution in [0.4, 0.5) is 4.39 Å². The van der Waals surface area contributed by atoms with Crippen LogP contribution < -0.4 is 0 Å². The van der Waals surface area contributed by atoms with Gasteiger partial charge in [-0.05, 0) is 36.2 Å². The monoisotopic (exact) mass is 372 g/mol. The Morgan fingerprint density at radius 3 is 2.88 bits per heavy atom. The predicted octanol–water partition coefficient (Wildman–Crippen LogP) is 2.59. The summed E-state index contributed by atoms with van der Waals surface area (Å²) >= 11 is 0. The summed E-state index contributed by atoms with van der Waals surface area (Å²) in [7, 11) is -3.91. The molecule has 8 heteroatoms. The van der Waals surface area contributed by atoms with Crippen molar-refractivity contribution in [2.45, 2.75) is 24.3 Å². The molecule has 3 aromatic rings. The quantitative estimate of drug-likeness (QED) is 0.766. The van der Waals surface area contributed by atoms with Gasteiger partial charge in [0.2, 0.25) is 10.0 Å². The Morgan fingerprint density at radius 1 is 1.31 bits per heavy atom. The lowest BCUT2D eigenvalue weighted by atomic mass is 9.99. The Bertz CT molecular complexity index is 1050. The fourth-order valence-electron chi connectivity index (χ4n) is 3.25. The van der Waals surface area contributed by atoms with Gasteiger partial charge in [0.05, 0.1) is 23.0 Å². The number of aryl methyl sites for hydroxylation is 1. The molecule has 26 heavy (non-hydrogen) atoms. The summed E-state index contributed by atoms with van der Waals surface area (Å²) in [6.07, 6.45) is 5.34. The number of benzene rings is 1. The molecule has 2 aromatic heterocycles. The standard InChI is InChI=1S/C18H17FN4O2S/c1-12-4-5-14(9-15(12)19)26(24,25)23-8-6-16-17(22-11-21-16)18(23)13-3-2-7-20-10-13/h2-5,7,9-11,18H,6,8H2,1H3,(H,21,22). The van der Waals surface area contributed by atoms with Crippen molar-refractivity contribution in [2.75, 3.05) is 6.54 Å². The van der Waals surface area contributed by atoms with E-state index in [2.05, 4.69) is 15.0 Å². The highest BCUT2D eigenvalue weighted by molar-refractivity contribution is 7.89. The number of nitrogens with one attached hydrogen (secondary N) is 1. The van der Waals surface area contributed by atoms with Crippen LogP contribution in [-0.4, -0.2) is 34.2 Å². The molecule has 1 atom stereocenters. The van der Waals surface area contributed by atoms with Crippen LogP contribution in [0.25, 0.3) is 0 Å². The summed E-state index contributed by atoms with van der Waals surface area (Å²) < 4.78 is 41.9. The Kier molecular flexibility index (Phi) is 4.08. The third-order valence-corrected chi connectivity index (χ3v) is 6.49. The lowest BCUT2D eigenvalue weighted by molar-refractivity contribution is 0.337. The molecule has 6 nitrogen and oxygen atoms in total. The van der Waals surface area contributed by atoms with E-state index in [1.165, 1.54) is 16.4 Å². The number of H-pyrrole nitrogens is 1. The van der Waals surface area contributed by atoms with Crippen molar-refractivity contribution >= 4 is 10.0 Å². The second-order valence-corrected chi connectivity index (χ2v) is 8.12. The number of hydrogen-bond donors (Lipinski definition) is 1. The number of fused-ring (bicyclic) bond motifs is 1. The normalized spacial score (nSPS) is 17.8. The number of aromatic amines is 1. The van der Waals surface area contributed by atoms with Crippen LogP contribution in [-0.2, 0) is 16.4 Å².